The van der Waals surface area contributed by atoms with E-state index in [-0.39, 0.29) is 0 Å². The topological polar surface area (TPSA) is 17.1 Å². The van der Waals surface area contributed by atoms with Crippen molar-refractivity contribution in [1.29, 1.82) is 0 Å². The van der Waals surface area contributed by atoms with Gasteiger partial charge in [0.25, 0.3) is 0 Å². The minimum Gasteiger partial charge on any atom is -0.299 e. The van der Waals surface area contributed by atoms with E-state index in [1.165, 1.54) is 19.3 Å². The van der Waals surface area contributed by atoms with Gasteiger partial charge in [-0.25, -0.2) is 0 Å². The second kappa shape index (κ2) is 2.91. The van der Waals surface area contributed by atoms with Gasteiger partial charge in [0.1, 0.15) is 5.78 Å². The van der Waals surface area contributed by atoms with Crippen LogP contribution in [0.15, 0.2) is 0 Å². The molecular weight excluding hydrogens is 196 g/mol. The second-order valence-electron chi connectivity index (χ2n) is 7.21. The van der Waals surface area contributed by atoms with E-state index in [9.17, 15) is 4.79 Å². The van der Waals surface area contributed by atoms with Crippen LogP contribution in [-0.2, 0) is 4.79 Å². The summed E-state index contributed by atoms with van der Waals surface area (Å²) >= 11 is 0. The fourth-order valence-electron chi connectivity index (χ4n) is 5.73. The fourth-order valence-corrected chi connectivity index (χ4v) is 5.73. The van der Waals surface area contributed by atoms with Crippen molar-refractivity contribution in [1.82, 2.24) is 0 Å². The highest BCUT2D eigenvalue weighted by Crippen LogP contribution is 2.73. The molecule has 0 aromatic rings. The molecule has 0 amide bonds. The van der Waals surface area contributed by atoms with Crippen molar-refractivity contribution >= 4 is 5.78 Å². The molecule has 3 fully saturated rings. The van der Waals surface area contributed by atoms with Crippen molar-refractivity contribution < 1.29 is 4.79 Å². The molecule has 90 valence electrons. The van der Waals surface area contributed by atoms with Gasteiger partial charge < -0.3 is 0 Å². The molecule has 0 saturated heterocycles. The van der Waals surface area contributed by atoms with Crippen molar-refractivity contribution in [2.24, 2.45) is 34.5 Å². The lowest BCUT2D eigenvalue weighted by molar-refractivity contribution is -0.140. The zero-order chi connectivity index (χ0) is 11.7. The molecule has 16 heavy (non-hydrogen) atoms. The van der Waals surface area contributed by atoms with E-state index < -0.39 is 0 Å². The van der Waals surface area contributed by atoms with Gasteiger partial charge in [0.05, 0.1) is 0 Å². The Balaban J connectivity index is 2.14. The first-order valence-electron chi connectivity index (χ1n) is 6.94. The highest BCUT2D eigenvalue weighted by Gasteiger charge is 2.68. The minimum absolute atomic E-state index is 0.316. The molecule has 5 unspecified atom stereocenters. The summed E-state index contributed by atoms with van der Waals surface area (Å²) < 4.78 is 0. The molecule has 0 heterocycles. The maximum absolute atomic E-state index is 12.2. The lowest BCUT2D eigenvalue weighted by atomic mass is 9.52. The smallest absolute Gasteiger partial charge is 0.136 e. The molecule has 3 rings (SSSR count). The summed E-state index contributed by atoms with van der Waals surface area (Å²) in [4.78, 5) is 12.2. The molecule has 1 nitrogen and oxygen atoms in total. The third-order valence-electron chi connectivity index (χ3n) is 6.82. The number of hydrogen-bond donors (Lipinski definition) is 0. The molecule has 0 aliphatic heterocycles. The van der Waals surface area contributed by atoms with Crippen molar-refractivity contribution in [3.05, 3.63) is 0 Å². The number of carbonyl (C=O) groups excluding carboxylic acids is 1. The van der Waals surface area contributed by atoms with Crippen LogP contribution in [0.3, 0.4) is 0 Å². The summed E-state index contributed by atoms with van der Waals surface area (Å²) in [5.41, 5.74) is 0.752. The molecule has 1 heteroatoms. The number of ketones is 1. The summed E-state index contributed by atoms with van der Waals surface area (Å²) in [6, 6.07) is 0. The van der Waals surface area contributed by atoms with E-state index >= 15 is 0 Å². The van der Waals surface area contributed by atoms with E-state index in [1.54, 1.807) is 0 Å². The molecule has 2 bridgehead atoms. The normalized spacial score (nSPS) is 54.1. The molecule has 3 saturated carbocycles. The molecule has 3 aliphatic rings. The quantitative estimate of drug-likeness (QED) is 0.608. The minimum atomic E-state index is 0.316. The van der Waals surface area contributed by atoms with Gasteiger partial charge in [0, 0.05) is 12.3 Å². The number of rotatable bonds is 0. The van der Waals surface area contributed by atoms with Crippen LogP contribution in [0, 0.1) is 34.5 Å². The zero-order valence-electron chi connectivity index (χ0n) is 11.0. The zero-order valence-corrected chi connectivity index (χ0v) is 11.0. The Labute approximate surface area is 99.0 Å². The molecule has 0 aromatic carbocycles. The predicted octanol–water partition coefficient (Wildman–Crippen LogP) is 3.67. The lowest BCUT2D eigenvalue weighted by Gasteiger charge is -2.51. The lowest BCUT2D eigenvalue weighted by Crippen LogP contribution is -2.50. The maximum atomic E-state index is 12.2. The van der Waals surface area contributed by atoms with Crippen LogP contribution < -0.4 is 0 Å². The Hall–Kier alpha value is -0.330. The second-order valence-corrected chi connectivity index (χ2v) is 7.21. The monoisotopic (exact) mass is 220 g/mol. The van der Waals surface area contributed by atoms with Crippen molar-refractivity contribution in [3.63, 3.8) is 0 Å². The fraction of sp³-hybridized carbons (Fsp3) is 0.933. The highest BCUT2D eigenvalue weighted by molar-refractivity contribution is 5.83. The Bertz CT molecular complexity index is 343. The number of carbonyl (C=O) groups is 1. The molecule has 3 aliphatic carbocycles. The Morgan fingerprint density at radius 3 is 2.62 bits per heavy atom. The summed E-state index contributed by atoms with van der Waals surface area (Å²) in [6.45, 7) is 9.52. The maximum Gasteiger partial charge on any atom is 0.136 e. The predicted molar refractivity (Wildman–Crippen MR) is 65.0 cm³/mol. The van der Waals surface area contributed by atoms with Crippen molar-refractivity contribution in [2.75, 3.05) is 0 Å². The molecule has 0 N–H and O–H groups in total. The van der Waals surface area contributed by atoms with E-state index in [0.717, 1.165) is 18.3 Å². The first kappa shape index (κ1) is 10.8. The van der Waals surface area contributed by atoms with Crippen molar-refractivity contribution in [2.45, 2.75) is 53.4 Å². The molecule has 0 radical (unpaired) electrons. The summed E-state index contributed by atoms with van der Waals surface area (Å²) in [6.07, 6.45) is 4.83. The largest absolute Gasteiger partial charge is 0.299 e. The van der Waals surface area contributed by atoms with Crippen molar-refractivity contribution in [3.8, 4) is 0 Å². The number of hydrogen-bond acceptors (Lipinski definition) is 1. The van der Waals surface area contributed by atoms with Gasteiger partial charge in [-0.3, -0.25) is 4.79 Å². The standard InChI is InChI=1S/C15H24O/c1-9-5-6-15-10(2)13(16)8-11(7-12(9)15)14(15,3)4/h9-12H,5-8H2,1-4H3. The van der Waals surface area contributed by atoms with Gasteiger partial charge >= 0.3 is 0 Å². The third-order valence-corrected chi connectivity index (χ3v) is 6.82. The first-order valence-corrected chi connectivity index (χ1v) is 6.94. The van der Waals surface area contributed by atoms with Gasteiger partial charge in [0.15, 0.2) is 0 Å². The van der Waals surface area contributed by atoms with Crippen LogP contribution in [0.5, 0.6) is 0 Å². The molecule has 1 spiro atoms. The van der Waals surface area contributed by atoms with Gasteiger partial charge in [-0.05, 0) is 47.8 Å². The van der Waals surface area contributed by atoms with Gasteiger partial charge in [-0.1, -0.05) is 27.7 Å². The average molecular weight is 220 g/mol. The summed E-state index contributed by atoms with van der Waals surface area (Å²) in [7, 11) is 0. The molecule has 0 aromatic heterocycles. The highest BCUT2D eigenvalue weighted by atomic mass is 16.1. The Morgan fingerprint density at radius 2 is 1.94 bits per heavy atom. The van der Waals surface area contributed by atoms with Crippen LogP contribution in [0.1, 0.15) is 53.4 Å². The average Bonchev–Trinajstić information content (AvgIpc) is 2.59. The van der Waals surface area contributed by atoms with E-state index in [4.69, 9.17) is 0 Å². The summed E-state index contributed by atoms with van der Waals surface area (Å²) in [5.74, 6) is 3.22. The third kappa shape index (κ3) is 0.926. The van der Waals surface area contributed by atoms with E-state index in [2.05, 4.69) is 27.7 Å². The van der Waals surface area contributed by atoms with E-state index in [0.29, 0.717) is 28.4 Å². The number of Topliss-reactive ketones (excluding diaryl/α,β-unsaturated/α-hetero) is 1. The van der Waals surface area contributed by atoms with Crippen LogP contribution in [0.25, 0.3) is 0 Å². The van der Waals surface area contributed by atoms with Gasteiger partial charge in [-0.15, -0.1) is 0 Å². The first-order chi connectivity index (χ1) is 7.41. The van der Waals surface area contributed by atoms with Gasteiger partial charge in [0.2, 0.25) is 0 Å². The van der Waals surface area contributed by atoms with Crippen LogP contribution >= 0.6 is 0 Å². The number of fused-ring (bicyclic) bond motifs is 1. The van der Waals surface area contributed by atoms with Crippen LogP contribution in [0.4, 0.5) is 0 Å². The summed E-state index contributed by atoms with van der Waals surface area (Å²) in [5, 5.41) is 0. The Kier molecular flexibility index (Phi) is 1.97. The van der Waals surface area contributed by atoms with E-state index in [1.807, 2.05) is 0 Å². The Morgan fingerprint density at radius 1 is 1.25 bits per heavy atom. The molecule has 5 atom stereocenters. The van der Waals surface area contributed by atoms with Crippen LogP contribution in [0.2, 0.25) is 0 Å². The molecular formula is C15H24O. The van der Waals surface area contributed by atoms with Crippen LogP contribution in [-0.4, -0.2) is 5.78 Å². The van der Waals surface area contributed by atoms with Gasteiger partial charge in [-0.2, -0.15) is 0 Å². The SMILES string of the molecule is CC1CCC23C(C)C(=O)CC(CC12)C3(C)C.